The van der Waals surface area contributed by atoms with Gasteiger partial charge in [-0.3, -0.25) is 9.69 Å². The van der Waals surface area contributed by atoms with Crippen LogP contribution in [-0.2, 0) is 16.4 Å². The van der Waals surface area contributed by atoms with Crippen molar-refractivity contribution in [2.75, 3.05) is 37.7 Å². The lowest BCUT2D eigenvalue weighted by Gasteiger charge is -2.37. The second kappa shape index (κ2) is 8.29. The zero-order valence-electron chi connectivity index (χ0n) is 18.1. The zero-order valence-corrected chi connectivity index (χ0v) is 19.0. The summed E-state index contributed by atoms with van der Waals surface area (Å²) >= 11 is 0. The molecule has 168 valence electrons. The molecule has 1 amide bonds. The molecule has 2 aromatic heterocycles. The lowest BCUT2D eigenvalue weighted by Crippen LogP contribution is -2.52. The van der Waals surface area contributed by atoms with Gasteiger partial charge in [-0.05, 0) is 19.4 Å². The number of carbonyl (C=O) groups is 1. The summed E-state index contributed by atoms with van der Waals surface area (Å²) in [7, 11) is -2.91. The van der Waals surface area contributed by atoms with E-state index in [0.717, 1.165) is 16.6 Å². The minimum absolute atomic E-state index is 0.0241. The normalized spacial score (nSPS) is 21.3. The van der Waals surface area contributed by atoms with E-state index in [9.17, 15) is 13.2 Å². The van der Waals surface area contributed by atoms with Gasteiger partial charge in [-0.15, -0.1) is 0 Å². The van der Waals surface area contributed by atoms with Crippen LogP contribution in [0.15, 0.2) is 42.6 Å². The summed E-state index contributed by atoms with van der Waals surface area (Å²) in [6.07, 6.45) is 2.42. The number of sulfone groups is 1. The van der Waals surface area contributed by atoms with Gasteiger partial charge in [0.05, 0.1) is 34.3 Å². The number of fused-ring (bicyclic) bond motifs is 1. The molecule has 0 N–H and O–H groups in total. The van der Waals surface area contributed by atoms with Crippen molar-refractivity contribution in [1.82, 2.24) is 24.6 Å². The predicted molar refractivity (Wildman–Crippen MR) is 123 cm³/mol. The molecule has 2 aliphatic heterocycles. The molecule has 32 heavy (non-hydrogen) atoms. The molecular weight excluding hydrogens is 426 g/mol. The smallest absolute Gasteiger partial charge is 0.254 e. The average molecular weight is 454 g/mol. The van der Waals surface area contributed by atoms with Crippen LogP contribution in [0.3, 0.4) is 0 Å². The van der Waals surface area contributed by atoms with Gasteiger partial charge in [0.2, 0.25) is 0 Å². The van der Waals surface area contributed by atoms with Crippen molar-refractivity contribution in [2.24, 2.45) is 0 Å². The van der Waals surface area contributed by atoms with Crippen molar-refractivity contribution < 1.29 is 13.2 Å². The van der Waals surface area contributed by atoms with Gasteiger partial charge in [0.25, 0.3) is 5.91 Å². The largest absolute Gasteiger partial charge is 0.336 e. The number of rotatable bonds is 4. The Kier molecular flexibility index (Phi) is 5.46. The molecule has 2 saturated heterocycles. The Balaban J connectivity index is 1.42. The van der Waals surface area contributed by atoms with E-state index in [1.165, 1.54) is 0 Å². The SMILES string of the molecule is CCn1ncc2c(C(=O)N3CCN(C4CCS(=O)(=O)C4)CC3)cc(-c3ccccc3)nc21. The highest BCUT2D eigenvalue weighted by Crippen LogP contribution is 2.27. The Morgan fingerprint density at radius 3 is 2.53 bits per heavy atom. The Labute approximate surface area is 187 Å². The molecule has 0 spiro atoms. The minimum atomic E-state index is -2.91. The van der Waals surface area contributed by atoms with Crippen LogP contribution in [0.2, 0.25) is 0 Å². The monoisotopic (exact) mass is 453 g/mol. The fraction of sp³-hybridized carbons (Fsp3) is 0.435. The molecule has 0 radical (unpaired) electrons. The molecule has 0 saturated carbocycles. The Morgan fingerprint density at radius 1 is 1.12 bits per heavy atom. The molecular formula is C23H27N5O3S. The van der Waals surface area contributed by atoms with Gasteiger partial charge in [-0.25, -0.2) is 18.1 Å². The molecule has 4 heterocycles. The quantitative estimate of drug-likeness (QED) is 0.601. The number of pyridine rings is 1. The van der Waals surface area contributed by atoms with Crippen molar-refractivity contribution in [3.8, 4) is 11.3 Å². The number of nitrogens with zero attached hydrogens (tertiary/aromatic N) is 5. The summed E-state index contributed by atoms with van der Waals surface area (Å²) in [6, 6.07) is 11.8. The van der Waals surface area contributed by atoms with E-state index in [0.29, 0.717) is 50.4 Å². The number of aryl methyl sites for hydroxylation is 1. The minimum Gasteiger partial charge on any atom is -0.336 e. The van der Waals surface area contributed by atoms with Crippen LogP contribution in [0.1, 0.15) is 23.7 Å². The van der Waals surface area contributed by atoms with Crippen molar-refractivity contribution in [3.05, 3.63) is 48.2 Å². The van der Waals surface area contributed by atoms with Gasteiger partial charge in [-0.2, -0.15) is 5.10 Å². The molecule has 0 bridgehead atoms. The van der Waals surface area contributed by atoms with Gasteiger partial charge < -0.3 is 4.90 Å². The van der Waals surface area contributed by atoms with Crippen LogP contribution in [-0.4, -0.2) is 82.6 Å². The third-order valence-electron chi connectivity index (χ3n) is 6.53. The number of carbonyl (C=O) groups excluding carboxylic acids is 1. The van der Waals surface area contributed by atoms with E-state index in [1.54, 1.807) is 6.20 Å². The first kappa shape index (κ1) is 21.1. The van der Waals surface area contributed by atoms with E-state index >= 15 is 0 Å². The molecule has 2 aliphatic rings. The maximum absolute atomic E-state index is 13.6. The molecule has 1 aromatic carbocycles. The van der Waals surface area contributed by atoms with Crippen LogP contribution < -0.4 is 0 Å². The lowest BCUT2D eigenvalue weighted by atomic mass is 10.1. The lowest BCUT2D eigenvalue weighted by molar-refractivity contribution is 0.0589. The third-order valence-corrected chi connectivity index (χ3v) is 8.29. The first-order valence-corrected chi connectivity index (χ1v) is 12.9. The van der Waals surface area contributed by atoms with Crippen molar-refractivity contribution in [1.29, 1.82) is 0 Å². The molecule has 9 heteroatoms. The fourth-order valence-corrected chi connectivity index (χ4v) is 6.50. The fourth-order valence-electron chi connectivity index (χ4n) is 4.74. The topological polar surface area (TPSA) is 88.4 Å². The number of hydrogen-bond donors (Lipinski definition) is 0. The van der Waals surface area contributed by atoms with Crippen molar-refractivity contribution in [2.45, 2.75) is 25.9 Å². The van der Waals surface area contributed by atoms with Gasteiger partial charge >= 0.3 is 0 Å². The van der Waals surface area contributed by atoms with E-state index in [2.05, 4.69) is 10.00 Å². The third kappa shape index (κ3) is 3.91. The first-order chi connectivity index (χ1) is 15.4. The highest BCUT2D eigenvalue weighted by Gasteiger charge is 2.34. The molecule has 8 nitrogen and oxygen atoms in total. The van der Waals surface area contributed by atoms with Crippen molar-refractivity contribution in [3.63, 3.8) is 0 Å². The Morgan fingerprint density at radius 2 is 1.88 bits per heavy atom. The van der Waals surface area contributed by atoms with Gasteiger partial charge in [0.15, 0.2) is 15.5 Å². The highest BCUT2D eigenvalue weighted by molar-refractivity contribution is 7.91. The van der Waals surface area contributed by atoms with E-state index < -0.39 is 9.84 Å². The van der Waals surface area contributed by atoms with Gasteiger partial charge in [0.1, 0.15) is 0 Å². The van der Waals surface area contributed by atoms with Crippen molar-refractivity contribution >= 4 is 26.8 Å². The molecule has 5 rings (SSSR count). The van der Waals surface area contributed by atoms with Gasteiger partial charge in [-0.1, -0.05) is 30.3 Å². The number of aromatic nitrogens is 3. The summed E-state index contributed by atoms with van der Waals surface area (Å²) in [6.45, 7) is 5.24. The standard InChI is InChI=1S/C23H27N5O3S/c1-2-28-22-20(15-24-28)19(14-21(25-22)17-6-4-3-5-7-17)23(29)27-11-9-26(10-12-27)18-8-13-32(30,31)16-18/h3-7,14-15,18H,2,8-13,16H2,1H3. The number of hydrogen-bond acceptors (Lipinski definition) is 6. The summed E-state index contributed by atoms with van der Waals surface area (Å²) < 4.78 is 25.5. The second-order valence-electron chi connectivity index (χ2n) is 8.50. The number of piperazine rings is 1. The average Bonchev–Trinajstić information content (AvgIpc) is 3.41. The number of benzene rings is 1. The van der Waals surface area contributed by atoms with Crippen LogP contribution in [0, 0.1) is 0 Å². The maximum atomic E-state index is 13.6. The Bertz CT molecular complexity index is 1250. The first-order valence-electron chi connectivity index (χ1n) is 11.1. The van der Waals surface area contributed by atoms with E-state index in [1.807, 2.05) is 52.9 Å². The molecule has 2 fully saturated rings. The Hall–Kier alpha value is -2.78. The predicted octanol–water partition coefficient (Wildman–Crippen LogP) is 2.06. The molecule has 3 aromatic rings. The maximum Gasteiger partial charge on any atom is 0.254 e. The number of amides is 1. The van der Waals surface area contributed by atoms with Crippen LogP contribution in [0.5, 0.6) is 0 Å². The molecule has 0 aliphatic carbocycles. The van der Waals surface area contributed by atoms with E-state index in [-0.39, 0.29) is 23.5 Å². The second-order valence-corrected chi connectivity index (χ2v) is 10.7. The van der Waals surface area contributed by atoms with Crippen LogP contribution in [0.25, 0.3) is 22.3 Å². The highest BCUT2D eigenvalue weighted by atomic mass is 32.2. The van der Waals surface area contributed by atoms with E-state index in [4.69, 9.17) is 4.98 Å². The summed E-state index contributed by atoms with van der Waals surface area (Å²) in [5, 5.41) is 5.20. The molecule has 1 unspecified atom stereocenters. The van der Waals surface area contributed by atoms with Gasteiger partial charge in [0, 0.05) is 44.3 Å². The summed E-state index contributed by atoms with van der Waals surface area (Å²) in [4.78, 5) is 22.5. The van der Waals surface area contributed by atoms with Crippen LogP contribution in [0.4, 0.5) is 0 Å². The molecule has 1 atom stereocenters. The summed E-state index contributed by atoms with van der Waals surface area (Å²) in [5.74, 6) is 0.488. The summed E-state index contributed by atoms with van der Waals surface area (Å²) in [5.41, 5.74) is 3.04. The zero-order chi connectivity index (χ0) is 22.3. The van der Waals surface area contributed by atoms with Crippen LogP contribution >= 0.6 is 0 Å².